The summed E-state index contributed by atoms with van der Waals surface area (Å²) in [7, 11) is 1.77. The van der Waals surface area contributed by atoms with Crippen LogP contribution in [0.25, 0.3) is 0 Å². The number of nitrogens with one attached hydrogen (secondary N) is 2. The van der Waals surface area contributed by atoms with E-state index in [1.165, 1.54) is 5.56 Å². The first-order valence-electron chi connectivity index (χ1n) is 7.63. The van der Waals surface area contributed by atoms with Crippen molar-refractivity contribution in [1.82, 2.24) is 10.6 Å². The number of amides is 1. The van der Waals surface area contributed by atoms with Gasteiger partial charge in [0.15, 0.2) is 11.5 Å². The minimum Gasteiger partial charge on any atom is -0.454 e. The number of fused-ring (bicyclic) bond motifs is 1. The molecule has 0 radical (unpaired) electrons. The maximum atomic E-state index is 11.8. The van der Waals surface area contributed by atoms with Gasteiger partial charge >= 0.3 is 0 Å². The van der Waals surface area contributed by atoms with Gasteiger partial charge in [-0.25, -0.2) is 0 Å². The highest BCUT2D eigenvalue weighted by Gasteiger charge is 2.36. The van der Waals surface area contributed by atoms with E-state index < -0.39 is 0 Å². The van der Waals surface area contributed by atoms with Crippen LogP contribution in [0.3, 0.4) is 0 Å². The van der Waals surface area contributed by atoms with Crippen LogP contribution in [-0.4, -0.2) is 46.1 Å². The zero-order valence-corrected chi connectivity index (χ0v) is 14.0. The molecule has 2 aliphatic rings. The number of benzene rings is 1. The van der Waals surface area contributed by atoms with E-state index in [1.54, 1.807) is 7.05 Å². The molecule has 1 amide bonds. The standard InChI is InChI=1S/C16H22N2O4.ClH/c1-17-9-15(19)18-10-16(4-6-20-7-5-16)12-2-3-13-14(8-12)22-11-21-13;/h2-3,8,17H,4-7,9-11H2,1H3,(H,18,19);1H. The second-order valence-corrected chi connectivity index (χ2v) is 5.77. The fraction of sp³-hybridized carbons (Fsp3) is 0.562. The van der Waals surface area contributed by atoms with E-state index in [4.69, 9.17) is 14.2 Å². The molecular weight excluding hydrogens is 320 g/mol. The number of hydrogen-bond donors (Lipinski definition) is 2. The Labute approximate surface area is 142 Å². The second-order valence-electron chi connectivity index (χ2n) is 5.77. The second kappa shape index (κ2) is 7.86. The Kier molecular flexibility index (Phi) is 6.10. The SMILES string of the molecule is CNCC(=O)NCC1(c2ccc3c(c2)OCO3)CCOCC1.Cl. The fourth-order valence-corrected chi connectivity index (χ4v) is 3.05. The fourth-order valence-electron chi connectivity index (χ4n) is 3.05. The topological polar surface area (TPSA) is 68.8 Å². The minimum absolute atomic E-state index is 0. The Hall–Kier alpha value is -1.50. The van der Waals surface area contributed by atoms with Crippen LogP contribution in [0.1, 0.15) is 18.4 Å². The van der Waals surface area contributed by atoms with Crippen molar-refractivity contribution in [1.29, 1.82) is 0 Å². The van der Waals surface area contributed by atoms with Crippen LogP contribution >= 0.6 is 12.4 Å². The molecular formula is C16H23ClN2O4. The van der Waals surface area contributed by atoms with Gasteiger partial charge < -0.3 is 24.8 Å². The molecule has 0 aliphatic carbocycles. The highest BCUT2D eigenvalue weighted by Crippen LogP contribution is 2.40. The highest BCUT2D eigenvalue weighted by molar-refractivity contribution is 5.85. The Morgan fingerprint density at radius 2 is 1.96 bits per heavy atom. The van der Waals surface area contributed by atoms with E-state index in [0.717, 1.165) is 24.3 Å². The number of halogens is 1. The molecule has 0 unspecified atom stereocenters. The third-order valence-corrected chi connectivity index (χ3v) is 4.40. The molecule has 1 aromatic rings. The van der Waals surface area contributed by atoms with Gasteiger partial charge in [-0.15, -0.1) is 12.4 Å². The highest BCUT2D eigenvalue weighted by atomic mass is 35.5. The third-order valence-electron chi connectivity index (χ3n) is 4.40. The molecule has 128 valence electrons. The van der Waals surface area contributed by atoms with Crippen molar-refractivity contribution in [2.75, 3.05) is 40.1 Å². The molecule has 1 fully saturated rings. The first-order valence-corrected chi connectivity index (χ1v) is 7.63. The lowest BCUT2D eigenvalue weighted by Crippen LogP contribution is -2.46. The summed E-state index contributed by atoms with van der Waals surface area (Å²) in [4.78, 5) is 11.8. The number of carbonyl (C=O) groups is 1. The van der Waals surface area contributed by atoms with Gasteiger partial charge in [-0.05, 0) is 37.6 Å². The third kappa shape index (κ3) is 3.88. The van der Waals surface area contributed by atoms with Crippen LogP contribution in [0.4, 0.5) is 0 Å². The summed E-state index contributed by atoms with van der Waals surface area (Å²) in [6, 6.07) is 6.06. The molecule has 2 heterocycles. The molecule has 3 rings (SSSR count). The normalized spacial score (nSPS) is 18.1. The lowest BCUT2D eigenvalue weighted by molar-refractivity contribution is -0.120. The van der Waals surface area contributed by atoms with Crippen molar-refractivity contribution >= 4 is 18.3 Å². The lowest BCUT2D eigenvalue weighted by atomic mass is 9.74. The van der Waals surface area contributed by atoms with E-state index in [0.29, 0.717) is 26.3 Å². The van der Waals surface area contributed by atoms with Crippen LogP contribution in [0.15, 0.2) is 18.2 Å². The number of rotatable bonds is 5. The molecule has 1 aromatic carbocycles. The Balaban J connectivity index is 0.00000192. The molecule has 0 spiro atoms. The molecule has 0 atom stereocenters. The van der Waals surface area contributed by atoms with E-state index >= 15 is 0 Å². The maximum absolute atomic E-state index is 11.8. The lowest BCUT2D eigenvalue weighted by Gasteiger charge is -2.38. The van der Waals surface area contributed by atoms with Crippen molar-refractivity contribution in [3.8, 4) is 11.5 Å². The average molecular weight is 343 g/mol. The van der Waals surface area contributed by atoms with Crippen molar-refractivity contribution in [3.05, 3.63) is 23.8 Å². The first kappa shape index (κ1) is 17.8. The summed E-state index contributed by atoms with van der Waals surface area (Å²) in [6.07, 6.45) is 1.76. The predicted octanol–water partition coefficient (Wildman–Crippen LogP) is 1.22. The number of hydrogen-bond acceptors (Lipinski definition) is 5. The van der Waals surface area contributed by atoms with Crippen LogP contribution in [-0.2, 0) is 14.9 Å². The zero-order valence-electron chi connectivity index (χ0n) is 13.2. The van der Waals surface area contributed by atoms with Gasteiger partial charge in [0.25, 0.3) is 0 Å². The summed E-state index contributed by atoms with van der Waals surface area (Å²) in [5.74, 6) is 1.57. The van der Waals surface area contributed by atoms with Gasteiger partial charge in [-0.2, -0.15) is 0 Å². The predicted molar refractivity (Wildman–Crippen MR) is 88.5 cm³/mol. The van der Waals surface area contributed by atoms with Gasteiger partial charge in [0.1, 0.15) is 0 Å². The van der Waals surface area contributed by atoms with E-state index in [1.807, 2.05) is 12.1 Å². The smallest absolute Gasteiger partial charge is 0.233 e. The van der Waals surface area contributed by atoms with Crippen molar-refractivity contribution in [2.24, 2.45) is 0 Å². The average Bonchev–Trinajstić information content (AvgIpc) is 3.02. The molecule has 7 heteroatoms. The van der Waals surface area contributed by atoms with Gasteiger partial charge in [0, 0.05) is 25.2 Å². The van der Waals surface area contributed by atoms with Crippen LogP contribution in [0, 0.1) is 0 Å². The first-order chi connectivity index (χ1) is 10.7. The van der Waals surface area contributed by atoms with Gasteiger partial charge in [-0.3, -0.25) is 4.79 Å². The molecule has 1 saturated heterocycles. The molecule has 0 bridgehead atoms. The van der Waals surface area contributed by atoms with Crippen LogP contribution < -0.4 is 20.1 Å². The molecule has 2 N–H and O–H groups in total. The molecule has 0 aromatic heterocycles. The molecule has 0 saturated carbocycles. The Bertz CT molecular complexity index is 547. The van der Waals surface area contributed by atoms with Crippen LogP contribution in [0.5, 0.6) is 11.5 Å². The minimum atomic E-state index is -0.109. The summed E-state index contributed by atoms with van der Waals surface area (Å²) in [6.45, 7) is 2.62. The number of carbonyl (C=O) groups excluding carboxylic acids is 1. The summed E-state index contributed by atoms with van der Waals surface area (Å²) in [5, 5.41) is 5.90. The monoisotopic (exact) mass is 342 g/mol. The quantitative estimate of drug-likeness (QED) is 0.842. The molecule has 6 nitrogen and oxygen atoms in total. The van der Waals surface area contributed by atoms with Crippen molar-refractivity contribution in [2.45, 2.75) is 18.3 Å². The Morgan fingerprint density at radius 1 is 1.22 bits per heavy atom. The van der Waals surface area contributed by atoms with E-state index in [2.05, 4.69) is 16.7 Å². The van der Waals surface area contributed by atoms with Crippen molar-refractivity contribution in [3.63, 3.8) is 0 Å². The zero-order chi connectivity index (χ0) is 15.4. The molecule has 23 heavy (non-hydrogen) atoms. The number of likely N-dealkylation sites (N-methyl/N-ethyl adjacent to an activating group) is 1. The van der Waals surface area contributed by atoms with Gasteiger partial charge in [0.2, 0.25) is 12.7 Å². The number of ether oxygens (including phenoxy) is 3. The summed E-state index contributed by atoms with van der Waals surface area (Å²) < 4.78 is 16.4. The van der Waals surface area contributed by atoms with Gasteiger partial charge in [0.05, 0.1) is 6.54 Å². The van der Waals surface area contributed by atoms with Gasteiger partial charge in [-0.1, -0.05) is 6.07 Å². The van der Waals surface area contributed by atoms with E-state index in [9.17, 15) is 4.79 Å². The maximum Gasteiger partial charge on any atom is 0.233 e. The Morgan fingerprint density at radius 3 is 2.70 bits per heavy atom. The molecule has 2 aliphatic heterocycles. The largest absolute Gasteiger partial charge is 0.454 e. The van der Waals surface area contributed by atoms with Crippen LogP contribution in [0.2, 0.25) is 0 Å². The van der Waals surface area contributed by atoms with E-state index in [-0.39, 0.29) is 30.5 Å². The van der Waals surface area contributed by atoms with Crippen molar-refractivity contribution < 1.29 is 19.0 Å². The summed E-state index contributed by atoms with van der Waals surface area (Å²) in [5.41, 5.74) is 1.06. The summed E-state index contributed by atoms with van der Waals surface area (Å²) >= 11 is 0.